The Hall–Kier alpha value is -1.71. The predicted molar refractivity (Wildman–Crippen MR) is 95.1 cm³/mol. The zero-order chi connectivity index (χ0) is 16.7. The Morgan fingerprint density at radius 2 is 1.78 bits per heavy atom. The predicted octanol–water partition coefficient (Wildman–Crippen LogP) is 3.56. The summed E-state index contributed by atoms with van der Waals surface area (Å²) in [5, 5.41) is 0. The van der Waals surface area contributed by atoms with Crippen molar-refractivity contribution in [3.8, 4) is 5.75 Å². The Morgan fingerprint density at radius 3 is 2.30 bits per heavy atom. The number of rotatable bonds is 7. The van der Waals surface area contributed by atoms with Crippen LogP contribution < -0.4 is 9.64 Å². The molecule has 1 aliphatic rings. The molecule has 0 N–H and O–H groups in total. The molecule has 0 bridgehead atoms. The Balaban J connectivity index is 1.88. The number of hydrogen-bond acceptors (Lipinski definition) is 3. The number of nitrogens with zero attached hydrogens (tertiary/aromatic N) is 2. The Morgan fingerprint density at radius 1 is 1.13 bits per heavy atom. The van der Waals surface area contributed by atoms with Gasteiger partial charge in [-0.3, -0.25) is 4.79 Å². The molecule has 0 aromatic heterocycles. The second-order valence-corrected chi connectivity index (χ2v) is 6.26. The molecule has 1 amide bonds. The number of unbranched alkanes of at least 4 members (excludes halogenated alkanes) is 1. The monoisotopic (exact) mass is 318 g/mol. The molecule has 0 aliphatic carbocycles. The molecule has 128 valence electrons. The van der Waals surface area contributed by atoms with Crippen LogP contribution in [-0.2, 0) is 4.79 Å². The molecular formula is C19H30N2O2. The van der Waals surface area contributed by atoms with Gasteiger partial charge in [-0.2, -0.15) is 0 Å². The first-order chi connectivity index (χ1) is 11.2. The van der Waals surface area contributed by atoms with Crippen molar-refractivity contribution in [2.24, 2.45) is 5.92 Å². The molecular weight excluding hydrogens is 288 g/mol. The van der Waals surface area contributed by atoms with Crippen LogP contribution in [0.4, 0.5) is 5.69 Å². The summed E-state index contributed by atoms with van der Waals surface area (Å²) in [7, 11) is 1.68. The summed E-state index contributed by atoms with van der Waals surface area (Å²) >= 11 is 0. The Kier molecular flexibility index (Phi) is 6.75. The van der Waals surface area contributed by atoms with E-state index in [-0.39, 0.29) is 5.92 Å². The number of hydrogen-bond donors (Lipinski definition) is 0. The van der Waals surface area contributed by atoms with Crippen molar-refractivity contribution >= 4 is 11.6 Å². The number of methoxy groups -OCH3 is 1. The summed E-state index contributed by atoms with van der Waals surface area (Å²) in [6.07, 6.45) is 4.30. The van der Waals surface area contributed by atoms with E-state index in [2.05, 4.69) is 35.8 Å². The van der Waals surface area contributed by atoms with Crippen LogP contribution in [0.15, 0.2) is 24.3 Å². The molecule has 0 unspecified atom stereocenters. The Labute approximate surface area is 140 Å². The maximum Gasteiger partial charge on any atom is 0.225 e. The number of carbonyl (C=O) groups is 1. The second-order valence-electron chi connectivity index (χ2n) is 6.26. The molecule has 1 aromatic rings. The van der Waals surface area contributed by atoms with Gasteiger partial charge in [0, 0.05) is 37.8 Å². The van der Waals surface area contributed by atoms with Crippen molar-refractivity contribution in [1.29, 1.82) is 0 Å². The quantitative estimate of drug-likeness (QED) is 0.770. The van der Waals surface area contributed by atoms with Gasteiger partial charge in [0.1, 0.15) is 5.75 Å². The third-order valence-electron chi connectivity index (χ3n) is 4.78. The summed E-state index contributed by atoms with van der Waals surface area (Å²) < 4.78 is 5.20. The zero-order valence-corrected chi connectivity index (χ0v) is 14.8. The van der Waals surface area contributed by atoms with E-state index in [9.17, 15) is 4.79 Å². The van der Waals surface area contributed by atoms with E-state index < -0.39 is 0 Å². The van der Waals surface area contributed by atoms with Gasteiger partial charge in [0.2, 0.25) is 5.91 Å². The van der Waals surface area contributed by atoms with E-state index in [1.54, 1.807) is 7.11 Å². The number of piperazine rings is 1. The standard InChI is InChI=1S/C19H30N2O2/c1-4-6-7-16(5-2)19(22)21-14-12-20(13-15-21)17-8-10-18(23-3)11-9-17/h8-11,16H,4-7,12-15H2,1-3H3/t16-/m0/s1. The van der Waals surface area contributed by atoms with Gasteiger partial charge >= 0.3 is 0 Å². The smallest absolute Gasteiger partial charge is 0.225 e. The van der Waals surface area contributed by atoms with E-state index >= 15 is 0 Å². The SMILES string of the molecule is CCCC[C@H](CC)C(=O)N1CCN(c2ccc(OC)cc2)CC1. The van der Waals surface area contributed by atoms with Crippen molar-refractivity contribution in [3.05, 3.63) is 24.3 Å². The zero-order valence-electron chi connectivity index (χ0n) is 14.8. The maximum absolute atomic E-state index is 12.7. The van der Waals surface area contributed by atoms with Gasteiger partial charge in [-0.05, 0) is 37.1 Å². The second kappa shape index (κ2) is 8.80. The van der Waals surface area contributed by atoms with Crippen molar-refractivity contribution < 1.29 is 9.53 Å². The van der Waals surface area contributed by atoms with Gasteiger partial charge in [-0.15, -0.1) is 0 Å². The summed E-state index contributed by atoms with van der Waals surface area (Å²) in [6, 6.07) is 8.16. The fraction of sp³-hybridized carbons (Fsp3) is 0.632. The number of anilines is 1. The van der Waals surface area contributed by atoms with Gasteiger partial charge in [0.15, 0.2) is 0 Å². The minimum absolute atomic E-state index is 0.211. The average molecular weight is 318 g/mol. The third-order valence-corrected chi connectivity index (χ3v) is 4.78. The molecule has 0 saturated carbocycles. The van der Waals surface area contributed by atoms with Gasteiger partial charge in [0.05, 0.1) is 7.11 Å². The van der Waals surface area contributed by atoms with Crippen LogP contribution in [0.5, 0.6) is 5.75 Å². The first-order valence-corrected chi connectivity index (χ1v) is 8.87. The fourth-order valence-electron chi connectivity index (χ4n) is 3.19. The Bertz CT molecular complexity index is 479. The van der Waals surface area contributed by atoms with E-state index in [0.717, 1.165) is 57.6 Å². The van der Waals surface area contributed by atoms with Gasteiger partial charge < -0.3 is 14.5 Å². The first kappa shape index (κ1) is 17.6. The summed E-state index contributed by atoms with van der Waals surface area (Å²) in [6.45, 7) is 7.78. The molecule has 4 nitrogen and oxygen atoms in total. The largest absolute Gasteiger partial charge is 0.497 e. The molecule has 23 heavy (non-hydrogen) atoms. The molecule has 1 saturated heterocycles. The lowest BCUT2D eigenvalue weighted by Crippen LogP contribution is -2.50. The van der Waals surface area contributed by atoms with Crippen LogP contribution in [0, 0.1) is 5.92 Å². The highest BCUT2D eigenvalue weighted by molar-refractivity contribution is 5.79. The maximum atomic E-state index is 12.7. The highest BCUT2D eigenvalue weighted by Gasteiger charge is 2.26. The van der Waals surface area contributed by atoms with Crippen LogP contribution in [0.3, 0.4) is 0 Å². The van der Waals surface area contributed by atoms with Crippen LogP contribution in [0.25, 0.3) is 0 Å². The summed E-state index contributed by atoms with van der Waals surface area (Å²) in [4.78, 5) is 17.1. The molecule has 4 heteroatoms. The average Bonchev–Trinajstić information content (AvgIpc) is 2.62. The van der Waals surface area contributed by atoms with Crippen LogP contribution in [-0.4, -0.2) is 44.1 Å². The summed E-state index contributed by atoms with van der Waals surface area (Å²) in [5.74, 6) is 1.45. The fourth-order valence-corrected chi connectivity index (χ4v) is 3.19. The van der Waals surface area contributed by atoms with E-state index in [4.69, 9.17) is 4.74 Å². The molecule has 2 rings (SSSR count). The molecule has 0 radical (unpaired) electrons. The van der Waals surface area contributed by atoms with Crippen molar-refractivity contribution in [2.45, 2.75) is 39.5 Å². The lowest BCUT2D eigenvalue weighted by Gasteiger charge is -2.37. The van der Waals surface area contributed by atoms with Crippen LogP contribution >= 0.6 is 0 Å². The molecule has 1 aliphatic heterocycles. The third kappa shape index (κ3) is 4.63. The molecule has 0 spiro atoms. The molecule has 1 fully saturated rings. The van der Waals surface area contributed by atoms with Crippen LogP contribution in [0.2, 0.25) is 0 Å². The molecule has 1 atom stereocenters. The number of carbonyl (C=O) groups excluding carboxylic acids is 1. The highest BCUT2D eigenvalue weighted by Crippen LogP contribution is 2.22. The van der Waals surface area contributed by atoms with Crippen molar-refractivity contribution in [2.75, 3.05) is 38.2 Å². The number of ether oxygens (including phenoxy) is 1. The van der Waals surface area contributed by atoms with E-state index in [0.29, 0.717) is 5.91 Å². The van der Waals surface area contributed by atoms with Gasteiger partial charge in [-0.1, -0.05) is 26.7 Å². The minimum atomic E-state index is 0.211. The van der Waals surface area contributed by atoms with Crippen molar-refractivity contribution in [1.82, 2.24) is 4.90 Å². The minimum Gasteiger partial charge on any atom is -0.497 e. The van der Waals surface area contributed by atoms with Gasteiger partial charge in [-0.25, -0.2) is 0 Å². The lowest BCUT2D eigenvalue weighted by atomic mass is 9.97. The lowest BCUT2D eigenvalue weighted by molar-refractivity contribution is -0.136. The molecule has 1 aromatic carbocycles. The summed E-state index contributed by atoms with van der Waals surface area (Å²) in [5.41, 5.74) is 1.20. The topological polar surface area (TPSA) is 32.8 Å². The first-order valence-electron chi connectivity index (χ1n) is 8.87. The highest BCUT2D eigenvalue weighted by atomic mass is 16.5. The number of amides is 1. The van der Waals surface area contributed by atoms with E-state index in [1.165, 1.54) is 5.69 Å². The number of benzene rings is 1. The molecule has 1 heterocycles. The van der Waals surface area contributed by atoms with Gasteiger partial charge in [0.25, 0.3) is 0 Å². The van der Waals surface area contributed by atoms with E-state index in [1.807, 2.05) is 12.1 Å². The van der Waals surface area contributed by atoms with Crippen molar-refractivity contribution in [3.63, 3.8) is 0 Å². The van der Waals surface area contributed by atoms with Crippen LogP contribution in [0.1, 0.15) is 39.5 Å². The normalized spacial score (nSPS) is 16.3.